The van der Waals surface area contributed by atoms with Gasteiger partial charge in [0.2, 0.25) is 5.91 Å². The lowest BCUT2D eigenvalue weighted by Gasteiger charge is -2.10. The van der Waals surface area contributed by atoms with Crippen molar-refractivity contribution in [3.63, 3.8) is 0 Å². The summed E-state index contributed by atoms with van der Waals surface area (Å²) < 4.78 is 11.3. The minimum Gasteiger partial charge on any atom is -0.490 e. The second kappa shape index (κ2) is 7.85. The fourth-order valence-corrected chi connectivity index (χ4v) is 2.99. The Morgan fingerprint density at radius 3 is 2.48 bits per heavy atom. The van der Waals surface area contributed by atoms with Gasteiger partial charge in [0.15, 0.2) is 11.5 Å². The molecule has 0 atom stereocenters. The molecule has 0 spiro atoms. The van der Waals surface area contributed by atoms with E-state index in [1.54, 1.807) is 12.1 Å². The third kappa shape index (κ3) is 4.50. The highest BCUT2D eigenvalue weighted by molar-refractivity contribution is 6.39. The normalized spacial score (nSPS) is 13.2. The Bertz CT molecular complexity index is 773. The van der Waals surface area contributed by atoms with Crippen molar-refractivity contribution in [2.45, 2.75) is 19.3 Å². The highest BCUT2D eigenvalue weighted by Crippen LogP contribution is 2.32. The summed E-state index contributed by atoms with van der Waals surface area (Å²) in [5.41, 5.74) is 7.51. The molecule has 0 saturated heterocycles. The van der Waals surface area contributed by atoms with Crippen LogP contribution in [0, 0.1) is 0 Å². The van der Waals surface area contributed by atoms with E-state index in [-0.39, 0.29) is 5.91 Å². The Hall–Kier alpha value is -2.11. The topological polar surface area (TPSA) is 73.6 Å². The van der Waals surface area contributed by atoms with Gasteiger partial charge in [0, 0.05) is 18.5 Å². The number of benzene rings is 2. The quantitative estimate of drug-likeness (QED) is 0.775. The maximum atomic E-state index is 12.2. The largest absolute Gasteiger partial charge is 0.490 e. The second-order valence-electron chi connectivity index (χ2n) is 5.73. The zero-order valence-electron chi connectivity index (χ0n) is 13.5. The number of halogens is 2. The van der Waals surface area contributed by atoms with Crippen molar-refractivity contribution in [3.05, 3.63) is 45.9 Å². The molecule has 0 bridgehead atoms. The fourth-order valence-electron chi connectivity index (χ4n) is 2.50. The van der Waals surface area contributed by atoms with Crippen LogP contribution in [0.15, 0.2) is 30.3 Å². The monoisotopic (exact) mass is 380 g/mol. The van der Waals surface area contributed by atoms with E-state index in [1.807, 2.05) is 18.2 Å². The molecule has 0 aromatic heterocycles. The van der Waals surface area contributed by atoms with E-state index >= 15 is 0 Å². The number of nitrogen functional groups attached to an aromatic ring is 1. The molecule has 0 fully saturated rings. The molecule has 1 aliphatic heterocycles. The molecule has 3 rings (SSSR count). The number of anilines is 2. The van der Waals surface area contributed by atoms with Crippen molar-refractivity contribution in [1.82, 2.24) is 0 Å². The second-order valence-corrected chi connectivity index (χ2v) is 6.55. The summed E-state index contributed by atoms with van der Waals surface area (Å²) in [7, 11) is 0. The van der Waals surface area contributed by atoms with Crippen molar-refractivity contribution in [1.29, 1.82) is 0 Å². The number of ether oxygens (including phenoxy) is 2. The molecule has 0 unspecified atom stereocenters. The molecule has 5 nitrogen and oxygen atoms in total. The molecule has 1 amide bonds. The van der Waals surface area contributed by atoms with Gasteiger partial charge in [0.25, 0.3) is 0 Å². The lowest BCUT2D eigenvalue weighted by molar-refractivity contribution is -0.116. The number of hydrogen-bond donors (Lipinski definition) is 2. The third-order valence-electron chi connectivity index (χ3n) is 3.82. The van der Waals surface area contributed by atoms with Crippen LogP contribution < -0.4 is 20.5 Å². The zero-order chi connectivity index (χ0) is 17.8. The Balaban J connectivity index is 1.60. The van der Waals surface area contributed by atoms with Crippen LogP contribution in [-0.2, 0) is 11.2 Å². The minimum atomic E-state index is -0.135. The van der Waals surface area contributed by atoms with Gasteiger partial charge in [-0.2, -0.15) is 0 Å². The van der Waals surface area contributed by atoms with Gasteiger partial charge in [-0.15, -0.1) is 0 Å². The predicted molar refractivity (Wildman–Crippen MR) is 99.9 cm³/mol. The molecule has 7 heteroatoms. The van der Waals surface area contributed by atoms with Crippen molar-refractivity contribution < 1.29 is 14.3 Å². The number of hydrogen-bond acceptors (Lipinski definition) is 4. The summed E-state index contributed by atoms with van der Waals surface area (Å²) in [6.45, 7) is 1.29. The molecular formula is C18H18Cl2N2O3. The Labute approximate surface area is 156 Å². The molecular weight excluding hydrogens is 363 g/mol. The van der Waals surface area contributed by atoms with E-state index in [1.165, 1.54) is 0 Å². The van der Waals surface area contributed by atoms with Gasteiger partial charge >= 0.3 is 0 Å². The van der Waals surface area contributed by atoms with Gasteiger partial charge in [-0.3, -0.25) is 4.79 Å². The first-order chi connectivity index (χ1) is 12.0. The number of carbonyl (C=O) groups is 1. The molecule has 0 saturated carbocycles. The van der Waals surface area contributed by atoms with Crippen LogP contribution in [0.3, 0.4) is 0 Å². The average Bonchev–Trinajstić information content (AvgIpc) is 2.82. The van der Waals surface area contributed by atoms with Gasteiger partial charge in [-0.25, -0.2) is 0 Å². The Morgan fingerprint density at radius 2 is 1.76 bits per heavy atom. The van der Waals surface area contributed by atoms with E-state index in [0.717, 1.165) is 23.5 Å². The molecule has 2 aromatic rings. The molecule has 25 heavy (non-hydrogen) atoms. The fraction of sp³-hybridized carbons (Fsp3) is 0.278. The molecule has 0 radical (unpaired) electrons. The minimum absolute atomic E-state index is 0.135. The van der Waals surface area contributed by atoms with Crippen molar-refractivity contribution in [2.75, 3.05) is 24.3 Å². The number of rotatable bonds is 4. The smallest absolute Gasteiger partial charge is 0.224 e. The molecule has 132 valence electrons. The van der Waals surface area contributed by atoms with Crippen molar-refractivity contribution in [3.8, 4) is 11.5 Å². The van der Waals surface area contributed by atoms with E-state index in [0.29, 0.717) is 47.5 Å². The lowest BCUT2D eigenvalue weighted by Crippen LogP contribution is -2.12. The van der Waals surface area contributed by atoms with Crippen molar-refractivity contribution >= 4 is 40.5 Å². The number of amides is 1. The summed E-state index contributed by atoms with van der Waals surface area (Å²) in [6.07, 6.45) is 1.76. The van der Waals surface area contributed by atoms with Crippen LogP contribution in [0.5, 0.6) is 11.5 Å². The summed E-state index contributed by atoms with van der Waals surface area (Å²) in [4.78, 5) is 12.2. The number of fused-ring (bicyclic) bond motifs is 1. The number of nitrogens with one attached hydrogen (secondary N) is 1. The van der Waals surface area contributed by atoms with Gasteiger partial charge < -0.3 is 20.5 Å². The van der Waals surface area contributed by atoms with Gasteiger partial charge in [-0.1, -0.05) is 29.3 Å². The Morgan fingerprint density at radius 1 is 1.08 bits per heavy atom. The summed E-state index contributed by atoms with van der Waals surface area (Å²) in [6, 6.07) is 8.90. The number of carbonyl (C=O) groups excluding carboxylic acids is 1. The van der Waals surface area contributed by atoms with E-state index in [2.05, 4.69) is 5.32 Å². The van der Waals surface area contributed by atoms with Gasteiger partial charge in [0.1, 0.15) is 0 Å². The van der Waals surface area contributed by atoms with Crippen LogP contribution in [-0.4, -0.2) is 19.1 Å². The highest BCUT2D eigenvalue weighted by Gasteiger charge is 2.12. The maximum absolute atomic E-state index is 12.2. The Kier molecular flexibility index (Phi) is 5.56. The van der Waals surface area contributed by atoms with E-state index in [9.17, 15) is 4.79 Å². The van der Waals surface area contributed by atoms with Gasteiger partial charge in [-0.05, 0) is 36.2 Å². The molecule has 2 aromatic carbocycles. The average molecular weight is 381 g/mol. The SMILES string of the molecule is Nc1c(Cl)cc(NC(=O)CCc2ccc3c(c2)OCCCO3)cc1Cl. The van der Waals surface area contributed by atoms with E-state index < -0.39 is 0 Å². The van der Waals surface area contributed by atoms with Crippen LogP contribution in [0.4, 0.5) is 11.4 Å². The van der Waals surface area contributed by atoms with Crippen LogP contribution in [0.2, 0.25) is 10.0 Å². The highest BCUT2D eigenvalue weighted by atomic mass is 35.5. The molecule has 3 N–H and O–H groups in total. The van der Waals surface area contributed by atoms with Gasteiger partial charge in [0.05, 0.1) is 28.9 Å². The lowest BCUT2D eigenvalue weighted by atomic mass is 10.1. The van der Waals surface area contributed by atoms with E-state index in [4.69, 9.17) is 38.4 Å². The summed E-state index contributed by atoms with van der Waals surface area (Å²) in [5.74, 6) is 1.34. The summed E-state index contributed by atoms with van der Waals surface area (Å²) in [5, 5.41) is 3.40. The first kappa shape index (κ1) is 17.7. The molecule has 1 heterocycles. The first-order valence-corrected chi connectivity index (χ1v) is 8.71. The van der Waals surface area contributed by atoms with Crippen LogP contribution >= 0.6 is 23.2 Å². The van der Waals surface area contributed by atoms with Crippen molar-refractivity contribution in [2.24, 2.45) is 0 Å². The number of aryl methyl sites for hydroxylation is 1. The molecule has 1 aliphatic rings. The third-order valence-corrected chi connectivity index (χ3v) is 4.44. The first-order valence-electron chi connectivity index (χ1n) is 7.96. The standard InChI is InChI=1S/C18H18Cl2N2O3/c19-13-9-12(10-14(20)18(13)21)22-17(23)5-3-11-2-4-15-16(8-11)25-7-1-6-24-15/h2,4,8-10H,1,3,5-7,21H2,(H,22,23). The molecule has 0 aliphatic carbocycles. The summed E-state index contributed by atoms with van der Waals surface area (Å²) >= 11 is 11.9. The zero-order valence-corrected chi connectivity index (χ0v) is 15.0. The van der Waals surface area contributed by atoms with Crippen LogP contribution in [0.1, 0.15) is 18.4 Å². The number of nitrogens with two attached hydrogens (primary N) is 1. The predicted octanol–water partition coefficient (Wildman–Crippen LogP) is 4.31. The maximum Gasteiger partial charge on any atom is 0.224 e. The van der Waals surface area contributed by atoms with Crippen LogP contribution in [0.25, 0.3) is 0 Å².